The van der Waals surface area contributed by atoms with E-state index in [1.807, 2.05) is 0 Å². The van der Waals surface area contributed by atoms with E-state index >= 15 is 0 Å². The Balaban J connectivity index is 1.64. The lowest BCUT2D eigenvalue weighted by Crippen LogP contribution is -2.29. The summed E-state index contributed by atoms with van der Waals surface area (Å²) in [7, 11) is 0.197. The molecular formula is C27H38ClN7O3S. The highest BCUT2D eigenvalue weighted by atomic mass is 35.5. The second-order valence-corrected chi connectivity index (χ2v) is 13.2. The van der Waals surface area contributed by atoms with Gasteiger partial charge in [-0.25, -0.2) is 13.4 Å². The van der Waals surface area contributed by atoms with Gasteiger partial charge in [0.2, 0.25) is 20.8 Å². The van der Waals surface area contributed by atoms with Crippen LogP contribution in [0.25, 0.3) is 0 Å². The molecule has 0 spiro atoms. The zero-order valence-electron chi connectivity index (χ0n) is 23.5. The summed E-state index contributed by atoms with van der Waals surface area (Å²) in [4.78, 5) is 11.3. The normalized spacial score (nSPS) is 15.1. The maximum Gasteiger partial charge on any atom is 0.229 e. The number of likely N-dealkylation sites (tertiary alicyclic amines) is 1. The van der Waals surface area contributed by atoms with Gasteiger partial charge in [-0.2, -0.15) is 10.1 Å². The van der Waals surface area contributed by atoms with Crippen LogP contribution in [0.3, 0.4) is 0 Å². The Kier molecular flexibility index (Phi) is 9.03. The van der Waals surface area contributed by atoms with Gasteiger partial charge in [-0.15, -0.1) is 0 Å². The van der Waals surface area contributed by atoms with Gasteiger partial charge in [-0.1, -0.05) is 18.5 Å². The molecule has 1 saturated heterocycles. The number of sulfone groups is 1. The zero-order chi connectivity index (χ0) is 28.3. The van der Waals surface area contributed by atoms with E-state index in [2.05, 4.69) is 63.6 Å². The van der Waals surface area contributed by atoms with Crippen molar-refractivity contribution < 1.29 is 13.2 Å². The first-order chi connectivity index (χ1) is 18.5. The van der Waals surface area contributed by atoms with E-state index < -0.39 is 15.1 Å². The number of ether oxygens (including phenoxy) is 1. The van der Waals surface area contributed by atoms with Crippen molar-refractivity contribution in [3.8, 4) is 5.75 Å². The molecule has 1 aliphatic heterocycles. The number of hydrogen-bond donors (Lipinski definition) is 2. The van der Waals surface area contributed by atoms with Gasteiger partial charge < -0.3 is 20.3 Å². The number of nitrogens with zero attached hydrogens (tertiary/aromatic N) is 5. The Labute approximate surface area is 236 Å². The van der Waals surface area contributed by atoms with E-state index in [9.17, 15) is 8.42 Å². The molecule has 2 N–H and O–H groups in total. The van der Waals surface area contributed by atoms with Crippen LogP contribution in [0, 0.1) is 6.92 Å². The predicted molar refractivity (Wildman–Crippen MR) is 156 cm³/mol. The van der Waals surface area contributed by atoms with E-state index in [0.717, 1.165) is 43.8 Å². The molecule has 0 atom stereocenters. The van der Waals surface area contributed by atoms with Gasteiger partial charge in [0.15, 0.2) is 5.82 Å². The van der Waals surface area contributed by atoms with E-state index in [1.165, 1.54) is 22.0 Å². The number of halogens is 1. The van der Waals surface area contributed by atoms with Crippen LogP contribution in [0.15, 0.2) is 29.6 Å². The zero-order valence-corrected chi connectivity index (χ0v) is 25.0. The summed E-state index contributed by atoms with van der Waals surface area (Å²) in [6.07, 6.45) is 6.18. The number of benzene rings is 1. The highest BCUT2D eigenvalue weighted by Crippen LogP contribution is 2.38. The molecule has 1 aliphatic rings. The second kappa shape index (κ2) is 12.1. The minimum absolute atomic E-state index is 0.0560. The summed E-state index contributed by atoms with van der Waals surface area (Å²) in [5, 5.41) is 10.1. The monoisotopic (exact) mass is 575 g/mol. The number of hydrogen-bond acceptors (Lipinski definition) is 9. The van der Waals surface area contributed by atoms with Crippen LogP contribution in [0.2, 0.25) is 5.02 Å². The van der Waals surface area contributed by atoms with Gasteiger partial charge in [0, 0.05) is 13.2 Å². The maximum atomic E-state index is 12.9. The van der Waals surface area contributed by atoms with Crippen molar-refractivity contribution in [2.45, 2.75) is 63.2 Å². The largest absolute Gasteiger partial charge is 0.491 e. The van der Waals surface area contributed by atoms with Crippen molar-refractivity contribution in [3.63, 3.8) is 0 Å². The van der Waals surface area contributed by atoms with Gasteiger partial charge in [0.05, 0.1) is 29.4 Å². The first-order valence-corrected chi connectivity index (χ1v) is 15.2. The van der Waals surface area contributed by atoms with Crippen molar-refractivity contribution in [1.29, 1.82) is 0 Å². The Hall–Kier alpha value is -2.89. The van der Waals surface area contributed by atoms with E-state index in [4.69, 9.17) is 16.3 Å². The van der Waals surface area contributed by atoms with E-state index in [0.29, 0.717) is 24.2 Å². The fraction of sp³-hybridized carbons (Fsp3) is 0.519. The first-order valence-electron chi connectivity index (χ1n) is 13.3. The van der Waals surface area contributed by atoms with E-state index in [-0.39, 0.29) is 15.9 Å². The maximum absolute atomic E-state index is 12.9. The number of aromatic nitrogens is 4. The van der Waals surface area contributed by atoms with Crippen LogP contribution in [0.4, 0.5) is 23.1 Å². The third kappa shape index (κ3) is 6.64. The molecular weight excluding hydrogens is 538 g/mol. The smallest absolute Gasteiger partial charge is 0.229 e. The summed E-state index contributed by atoms with van der Waals surface area (Å²) in [6, 6.07) is 4.23. The topological polar surface area (TPSA) is 114 Å². The summed E-state index contributed by atoms with van der Waals surface area (Å²) in [6.45, 7) is 10.2. The summed E-state index contributed by atoms with van der Waals surface area (Å²) >= 11 is 6.41. The molecule has 4 rings (SSSR count). The van der Waals surface area contributed by atoms with Crippen LogP contribution in [0.5, 0.6) is 5.75 Å². The average Bonchev–Trinajstić information content (AvgIpc) is 3.26. The molecule has 10 nitrogen and oxygen atoms in total. The molecule has 0 saturated carbocycles. The average molecular weight is 576 g/mol. The van der Waals surface area contributed by atoms with Gasteiger partial charge in [-0.05, 0) is 89.3 Å². The van der Waals surface area contributed by atoms with Crippen LogP contribution in [0.1, 0.15) is 57.1 Å². The molecule has 3 heterocycles. The lowest BCUT2D eigenvalue weighted by molar-refractivity contribution is 0.254. The molecule has 212 valence electrons. The third-order valence-electron chi connectivity index (χ3n) is 6.92. The SMILES string of the molecule is CCCOc1cc(C2CCN(C)CC2)c(C)cc1Nc1ncc(Cl)c(Nc2cn(C)nc2S(=O)(=O)C(C)C)n1. The lowest BCUT2D eigenvalue weighted by Gasteiger charge is -2.30. The fourth-order valence-corrected chi connectivity index (χ4v) is 5.88. The molecule has 1 aromatic carbocycles. The van der Waals surface area contributed by atoms with Crippen LogP contribution < -0.4 is 15.4 Å². The van der Waals surface area contributed by atoms with Crippen LogP contribution >= 0.6 is 11.6 Å². The molecule has 0 amide bonds. The molecule has 3 aromatic rings. The molecule has 39 heavy (non-hydrogen) atoms. The summed E-state index contributed by atoms with van der Waals surface area (Å²) < 4.78 is 33.3. The van der Waals surface area contributed by atoms with Gasteiger partial charge >= 0.3 is 0 Å². The number of piperidine rings is 1. The molecule has 12 heteroatoms. The Morgan fingerprint density at radius 1 is 1.15 bits per heavy atom. The van der Waals surface area contributed by atoms with Crippen LogP contribution in [-0.4, -0.2) is 65.1 Å². The third-order valence-corrected chi connectivity index (χ3v) is 9.28. The van der Waals surface area contributed by atoms with Crippen molar-refractivity contribution >= 4 is 44.6 Å². The molecule has 0 bridgehead atoms. The van der Waals surface area contributed by atoms with Gasteiger partial charge in [-0.3, -0.25) is 4.68 Å². The number of aryl methyl sites for hydroxylation is 2. The quantitative estimate of drug-likeness (QED) is 0.326. The number of anilines is 4. The van der Waals surface area contributed by atoms with Gasteiger partial charge in [0.25, 0.3) is 0 Å². The van der Waals surface area contributed by atoms with Crippen molar-refractivity contribution in [1.82, 2.24) is 24.6 Å². The predicted octanol–water partition coefficient (Wildman–Crippen LogP) is 5.44. The Morgan fingerprint density at radius 3 is 2.54 bits per heavy atom. The highest BCUT2D eigenvalue weighted by molar-refractivity contribution is 7.92. The Bertz CT molecular complexity index is 1420. The molecule has 0 unspecified atom stereocenters. The minimum atomic E-state index is -3.63. The lowest BCUT2D eigenvalue weighted by atomic mass is 9.86. The van der Waals surface area contributed by atoms with Crippen molar-refractivity contribution in [3.05, 3.63) is 40.7 Å². The molecule has 2 aromatic heterocycles. The van der Waals surface area contributed by atoms with Crippen LogP contribution in [-0.2, 0) is 16.9 Å². The second-order valence-electron chi connectivity index (χ2n) is 10.4. The summed E-state index contributed by atoms with van der Waals surface area (Å²) in [5.74, 6) is 1.81. The highest BCUT2D eigenvalue weighted by Gasteiger charge is 2.27. The minimum Gasteiger partial charge on any atom is -0.491 e. The molecule has 1 fully saturated rings. The number of nitrogens with one attached hydrogen (secondary N) is 2. The van der Waals surface area contributed by atoms with Crippen molar-refractivity contribution in [2.24, 2.45) is 7.05 Å². The Morgan fingerprint density at radius 2 is 1.87 bits per heavy atom. The summed E-state index contributed by atoms with van der Waals surface area (Å²) in [5.41, 5.74) is 3.55. The number of rotatable bonds is 10. The molecule has 0 aliphatic carbocycles. The standard InChI is InChI=1S/C27H38ClN7O3S/c1-7-12-38-24-14-20(19-8-10-34(5)11-9-19)18(4)13-22(24)31-27-29-15-21(28)25(32-27)30-23-16-35(6)33-26(23)39(36,37)17(2)3/h13-17,19H,7-12H2,1-6H3,(H2,29,30,31,32). The van der Waals surface area contributed by atoms with E-state index in [1.54, 1.807) is 27.1 Å². The van der Waals surface area contributed by atoms with Crippen molar-refractivity contribution in [2.75, 3.05) is 37.4 Å². The van der Waals surface area contributed by atoms with Gasteiger partial charge in [0.1, 0.15) is 10.8 Å². The first kappa shape index (κ1) is 29.1. The fourth-order valence-electron chi connectivity index (χ4n) is 4.64. The molecule has 0 radical (unpaired) electrons.